The van der Waals surface area contributed by atoms with E-state index < -0.39 is 11.7 Å². The Morgan fingerprint density at radius 1 is 1.35 bits per heavy atom. The van der Waals surface area contributed by atoms with Crippen molar-refractivity contribution >= 4 is 28.0 Å². The van der Waals surface area contributed by atoms with E-state index in [1.807, 2.05) is 0 Å². The minimum Gasteiger partial charge on any atom is -0.493 e. The lowest BCUT2D eigenvalue weighted by Crippen LogP contribution is -2.05. The number of benzene rings is 1. The van der Waals surface area contributed by atoms with Crippen molar-refractivity contribution in [2.75, 3.05) is 19.1 Å². The Morgan fingerprint density at radius 3 is 2.69 bits per heavy atom. The number of methoxy groups -OCH3 is 1. The lowest BCUT2D eigenvalue weighted by atomic mass is 10.2. The number of aromatic nitrogens is 1. The average Bonchev–Trinajstić information content (AvgIpc) is 2.60. The van der Waals surface area contributed by atoms with Crippen LogP contribution in [0.15, 0.2) is 52.7 Å². The number of rotatable bonds is 7. The summed E-state index contributed by atoms with van der Waals surface area (Å²) >= 11 is 3.39. The zero-order valence-electron chi connectivity index (χ0n) is 13.7. The number of nitrogens with zero attached hydrogens (tertiary/aromatic N) is 2. The number of nitrogens with one attached hydrogen (secondary N) is 1. The van der Waals surface area contributed by atoms with Crippen molar-refractivity contribution in [1.29, 1.82) is 0 Å². The lowest BCUT2D eigenvalue weighted by Gasteiger charge is -2.12. The van der Waals surface area contributed by atoms with Gasteiger partial charge in [0.05, 0.1) is 23.4 Å². The molecule has 2 aromatic rings. The summed E-state index contributed by atoms with van der Waals surface area (Å²) < 4.78 is 48.9. The number of halogens is 4. The summed E-state index contributed by atoms with van der Waals surface area (Å²) in [5, 5.41) is 3.96. The number of anilines is 1. The smallest absolute Gasteiger partial charge is 0.417 e. The molecule has 0 atom stereocenters. The van der Waals surface area contributed by atoms with E-state index in [4.69, 9.17) is 9.47 Å². The summed E-state index contributed by atoms with van der Waals surface area (Å²) in [6.45, 7) is 3.91. The number of ether oxygens (including phenoxy) is 2. The van der Waals surface area contributed by atoms with Crippen molar-refractivity contribution in [3.05, 3.63) is 58.7 Å². The van der Waals surface area contributed by atoms with Crippen LogP contribution in [0.1, 0.15) is 11.1 Å². The zero-order chi connectivity index (χ0) is 19.2. The van der Waals surface area contributed by atoms with E-state index in [1.165, 1.54) is 19.4 Å². The van der Waals surface area contributed by atoms with Crippen LogP contribution in [0.3, 0.4) is 0 Å². The number of hydrogen-bond acceptors (Lipinski definition) is 5. The molecule has 0 unspecified atom stereocenters. The van der Waals surface area contributed by atoms with Gasteiger partial charge in [-0.05, 0) is 45.8 Å². The van der Waals surface area contributed by atoms with Gasteiger partial charge >= 0.3 is 6.18 Å². The van der Waals surface area contributed by atoms with Gasteiger partial charge < -0.3 is 9.47 Å². The molecule has 0 aliphatic carbocycles. The second kappa shape index (κ2) is 8.70. The van der Waals surface area contributed by atoms with E-state index in [0.29, 0.717) is 28.1 Å². The van der Waals surface area contributed by atoms with E-state index in [9.17, 15) is 13.2 Å². The minimum atomic E-state index is -4.42. The molecule has 1 aromatic heterocycles. The maximum Gasteiger partial charge on any atom is 0.417 e. The fourth-order valence-corrected chi connectivity index (χ4v) is 2.47. The topological polar surface area (TPSA) is 55.7 Å². The molecule has 26 heavy (non-hydrogen) atoms. The Morgan fingerprint density at radius 2 is 2.12 bits per heavy atom. The van der Waals surface area contributed by atoms with Gasteiger partial charge in [-0.25, -0.2) is 4.98 Å². The molecule has 0 bridgehead atoms. The molecule has 0 spiro atoms. The summed E-state index contributed by atoms with van der Waals surface area (Å²) in [4.78, 5) is 3.67. The summed E-state index contributed by atoms with van der Waals surface area (Å²) in [5.41, 5.74) is 2.42. The molecule has 0 saturated heterocycles. The predicted octanol–water partition coefficient (Wildman–Crippen LogP) is 4.88. The van der Waals surface area contributed by atoms with Crippen LogP contribution in [0.4, 0.5) is 19.0 Å². The minimum absolute atomic E-state index is 0.186. The molecule has 0 aliphatic rings. The van der Waals surface area contributed by atoms with Gasteiger partial charge in [-0.3, -0.25) is 5.43 Å². The largest absolute Gasteiger partial charge is 0.493 e. The average molecular weight is 430 g/mol. The van der Waals surface area contributed by atoms with Crippen LogP contribution < -0.4 is 14.9 Å². The van der Waals surface area contributed by atoms with Crippen LogP contribution in [0.25, 0.3) is 0 Å². The summed E-state index contributed by atoms with van der Waals surface area (Å²) in [5.74, 6) is 1.21. The molecule has 0 amide bonds. The third-order valence-electron chi connectivity index (χ3n) is 3.08. The van der Waals surface area contributed by atoms with Gasteiger partial charge in [0.2, 0.25) is 0 Å². The molecule has 2 rings (SSSR count). The number of hydrogen-bond donors (Lipinski definition) is 1. The van der Waals surface area contributed by atoms with Crippen LogP contribution in [0, 0.1) is 0 Å². The third kappa shape index (κ3) is 5.22. The van der Waals surface area contributed by atoms with Crippen molar-refractivity contribution in [3.8, 4) is 11.5 Å². The second-order valence-electron chi connectivity index (χ2n) is 4.93. The molecule has 0 fully saturated rings. The van der Waals surface area contributed by atoms with Crippen molar-refractivity contribution in [2.24, 2.45) is 5.10 Å². The van der Waals surface area contributed by atoms with Crippen molar-refractivity contribution in [3.63, 3.8) is 0 Å². The lowest BCUT2D eigenvalue weighted by molar-refractivity contribution is -0.137. The number of hydrazone groups is 1. The molecule has 0 saturated carbocycles. The molecular formula is C17H15BrF3N3O2. The second-order valence-corrected chi connectivity index (χ2v) is 5.79. The standard InChI is InChI=1S/C17H15BrF3N3O2/c1-3-6-26-16-13(18)7-11(8-14(16)25-2)9-23-24-15-5-4-12(10-22-15)17(19,20)21/h3-5,7-10H,1,6H2,2H3,(H,22,24)/b23-9-. The molecule has 1 aromatic carbocycles. The molecule has 1 heterocycles. The molecule has 138 valence electrons. The zero-order valence-corrected chi connectivity index (χ0v) is 15.3. The quantitative estimate of drug-likeness (QED) is 0.387. The fraction of sp³-hybridized carbons (Fsp3) is 0.176. The monoisotopic (exact) mass is 429 g/mol. The maximum atomic E-state index is 12.5. The molecule has 5 nitrogen and oxygen atoms in total. The SMILES string of the molecule is C=CCOc1c(Br)cc(/C=N\Nc2ccc(C(F)(F)F)cn2)cc1OC. The highest BCUT2D eigenvalue weighted by Crippen LogP contribution is 2.36. The Balaban J connectivity index is 2.10. The van der Waals surface area contributed by atoms with Crippen LogP contribution >= 0.6 is 15.9 Å². The van der Waals surface area contributed by atoms with E-state index in [2.05, 4.69) is 38.0 Å². The highest BCUT2D eigenvalue weighted by atomic mass is 79.9. The molecule has 0 aliphatic heterocycles. The van der Waals surface area contributed by atoms with Crippen LogP contribution in [0.5, 0.6) is 11.5 Å². The van der Waals surface area contributed by atoms with Gasteiger partial charge in [-0.2, -0.15) is 18.3 Å². The Labute approximate surface area is 156 Å². The van der Waals surface area contributed by atoms with Crippen LogP contribution in [0.2, 0.25) is 0 Å². The van der Waals surface area contributed by atoms with Gasteiger partial charge in [0.1, 0.15) is 12.4 Å². The van der Waals surface area contributed by atoms with Crippen molar-refractivity contribution in [2.45, 2.75) is 6.18 Å². The number of alkyl halides is 3. The highest BCUT2D eigenvalue weighted by Gasteiger charge is 2.30. The van der Waals surface area contributed by atoms with E-state index in [0.717, 1.165) is 12.3 Å². The first-order chi connectivity index (χ1) is 12.3. The molecule has 0 radical (unpaired) electrons. The van der Waals surface area contributed by atoms with Crippen molar-refractivity contribution < 1.29 is 22.6 Å². The predicted molar refractivity (Wildman–Crippen MR) is 96.8 cm³/mol. The Kier molecular flexibility index (Phi) is 6.62. The normalized spacial score (nSPS) is 11.4. The molecule has 1 N–H and O–H groups in total. The van der Waals surface area contributed by atoms with Crippen LogP contribution in [-0.4, -0.2) is 24.9 Å². The molecular weight excluding hydrogens is 415 g/mol. The maximum absolute atomic E-state index is 12.5. The van der Waals surface area contributed by atoms with Gasteiger partial charge in [0.25, 0.3) is 0 Å². The van der Waals surface area contributed by atoms with Crippen molar-refractivity contribution in [1.82, 2.24) is 4.98 Å². The van der Waals surface area contributed by atoms with E-state index in [1.54, 1.807) is 18.2 Å². The highest BCUT2D eigenvalue weighted by molar-refractivity contribution is 9.10. The van der Waals surface area contributed by atoms with Gasteiger partial charge in [-0.1, -0.05) is 12.7 Å². The van der Waals surface area contributed by atoms with E-state index in [-0.39, 0.29) is 5.82 Å². The first-order valence-electron chi connectivity index (χ1n) is 7.28. The molecule has 9 heteroatoms. The Bertz CT molecular complexity index is 793. The Hall–Kier alpha value is -2.55. The van der Waals surface area contributed by atoms with Crippen LogP contribution in [-0.2, 0) is 6.18 Å². The summed E-state index contributed by atoms with van der Waals surface area (Å²) in [6.07, 6.45) is -0.595. The first-order valence-corrected chi connectivity index (χ1v) is 8.08. The number of pyridine rings is 1. The first kappa shape index (κ1) is 19.8. The third-order valence-corrected chi connectivity index (χ3v) is 3.67. The van der Waals surface area contributed by atoms with E-state index >= 15 is 0 Å². The summed E-state index contributed by atoms with van der Waals surface area (Å²) in [6, 6.07) is 5.58. The van der Waals surface area contributed by atoms with Gasteiger partial charge in [-0.15, -0.1) is 0 Å². The fourth-order valence-electron chi connectivity index (χ4n) is 1.90. The van der Waals surface area contributed by atoms with Gasteiger partial charge in [0, 0.05) is 6.20 Å². The van der Waals surface area contributed by atoms with Gasteiger partial charge in [0.15, 0.2) is 11.5 Å². The summed E-state index contributed by atoms with van der Waals surface area (Å²) in [7, 11) is 1.51.